The fourth-order valence-corrected chi connectivity index (χ4v) is 2.58. The van der Waals surface area contributed by atoms with Gasteiger partial charge in [0.25, 0.3) is 0 Å². The molecule has 0 unspecified atom stereocenters. The quantitative estimate of drug-likeness (QED) is 0.731. The number of hydrogen-bond acceptors (Lipinski definition) is 2. The Kier molecular flexibility index (Phi) is 3.72. The van der Waals surface area contributed by atoms with Crippen molar-refractivity contribution in [2.75, 3.05) is 0 Å². The monoisotopic (exact) mass is 370 g/mol. The van der Waals surface area contributed by atoms with E-state index in [0.29, 0.717) is 12.8 Å². The summed E-state index contributed by atoms with van der Waals surface area (Å²) in [5.41, 5.74) is -1.02. The van der Waals surface area contributed by atoms with Crippen molar-refractivity contribution in [2.45, 2.75) is 18.4 Å². The highest BCUT2D eigenvalue weighted by Crippen LogP contribution is 2.44. The Bertz CT molecular complexity index is 717. The molecule has 1 aliphatic rings. The molecule has 0 saturated heterocycles. The third kappa shape index (κ3) is 2.75. The van der Waals surface area contributed by atoms with Crippen molar-refractivity contribution in [1.82, 2.24) is 0 Å². The Balaban J connectivity index is 1.89. The number of carbonyl (C=O) groups is 1. The molecule has 114 valence electrons. The van der Waals surface area contributed by atoms with Crippen LogP contribution in [0.15, 0.2) is 40.9 Å². The highest BCUT2D eigenvalue weighted by atomic mass is 79.9. The zero-order valence-corrected chi connectivity index (χ0v) is 12.8. The van der Waals surface area contributed by atoms with Gasteiger partial charge in [0.05, 0.1) is 0 Å². The molecule has 0 amide bonds. The zero-order chi connectivity index (χ0) is 15.9. The Morgan fingerprint density at radius 3 is 2.09 bits per heavy atom. The number of rotatable bonds is 4. The molecular weight excluding hydrogens is 361 g/mol. The van der Waals surface area contributed by atoms with E-state index in [2.05, 4.69) is 15.9 Å². The average Bonchev–Trinajstić information content (AvgIpc) is 3.24. The minimum atomic E-state index is -1.27. The van der Waals surface area contributed by atoms with Crippen molar-refractivity contribution in [3.8, 4) is 5.75 Å². The summed E-state index contributed by atoms with van der Waals surface area (Å²) in [5, 5.41) is 0. The Hall–Kier alpha value is -1.82. The summed E-state index contributed by atoms with van der Waals surface area (Å²) < 4.78 is 46.2. The minimum Gasteiger partial charge on any atom is -0.473 e. The van der Waals surface area contributed by atoms with E-state index in [1.165, 1.54) is 12.1 Å². The standard InChI is InChI=1S/C16H10BrF3O2/c17-10-7-12(19)14(13(20)8-10)22-16(5-6-16)15(21)9-1-3-11(18)4-2-9/h1-4,7-8H,5-6H2. The molecule has 1 saturated carbocycles. The van der Waals surface area contributed by atoms with Gasteiger partial charge in [-0.05, 0) is 49.2 Å². The number of halogens is 4. The van der Waals surface area contributed by atoms with E-state index in [9.17, 15) is 18.0 Å². The van der Waals surface area contributed by atoms with Crippen molar-refractivity contribution in [3.05, 3.63) is 63.9 Å². The van der Waals surface area contributed by atoms with Gasteiger partial charge in [-0.1, -0.05) is 15.9 Å². The van der Waals surface area contributed by atoms with Crippen LogP contribution in [0.25, 0.3) is 0 Å². The molecule has 3 rings (SSSR count). The molecule has 2 nitrogen and oxygen atoms in total. The van der Waals surface area contributed by atoms with E-state index in [0.717, 1.165) is 24.3 Å². The van der Waals surface area contributed by atoms with Gasteiger partial charge in [0, 0.05) is 10.0 Å². The lowest BCUT2D eigenvalue weighted by Gasteiger charge is -2.18. The first kappa shape index (κ1) is 15.1. The van der Waals surface area contributed by atoms with Gasteiger partial charge in [-0.2, -0.15) is 0 Å². The number of carbonyl (C=O) groups excluding carboxylic acids is 1. The van der Waals surface area contributed by atoms with E-state index in [-0.39, 0.29) is 10.0 Å². The summed E-state index contributed by atoms with van der Waals surface area (Å²) in [5.74, 6) is -3.21. The molecule has 0 atom stereocenters. The second-order valence-corrected chi connectivity index (χ2v) is 6.05. The molecule has 1 aliphatic carbocycles. The van der Waals surface area contributed by atoms with Crippen LogP contribution in [-0.2, 0) is 0 Å². The molecule has 6 heteroatoms. The predicted molar refractivity (Wildman–Crippen MR) is 77.4 cm³/mol. The van der Waals surface area contributed by atoms with Crippen LogP contribution in [0.1, 0.15) is 23.2 Å². The third-order valence-corrected chi connectivity index (χ3v) is 3.94. The summed E-state index contributed by atoms with van der Waals surface area (Å²) in [6.45, 7) is 0. The Labute approximate surface area is 133 Å². The molecular formula is C16H10BrF3O2. The maximum absolute atomic E-state index is 13.8. The van der Waals surface area contributed by atoms with Gasteiger partial charge in [0.15, 0.2) is 23.0 Å². The highest BCUT2D eigenvalue weighted by molar-refractivity contribution is 9.10. The largest absolute Gasteiger partial charge is 0.473 e. The molecule has 0 aromatic heterocycles. The van der Waals surface area contributed by atoms with Gasteiger partial charge >= 0.3 is 0 Å². The Morgan fingerprint density at radius 2 is 1.59 bits per heavy atom. The second kappa shape index (κ2) is 5.43. The van der Waals surface area contributed by atoms with E-state index < -0.39 is 34.6 Å². The number of ether oxygens (including phenoxy) is 1. The van der Waals surface area contributed by atoms with Crippen LogP contribution in [0, 0.1) is 17.5 Å². The van der Waals surface area contributed by atoms with Crippen molar-refractivity contribution < 1.29 is 22.7 Å². The van der Waals surface area contributed by atoms with Crippen LogP contribution < -0.4 is 4.74 Å². The van der Waals surface area contributed by atoms with E-state index in [1.54, 1.807) is 0 Å². The number of Topliss-reactive ketones (excluding diaryl/α,β-unsaturated/α-hetero) is 1. The highest BCUT2D eigenvalue weighted by Gasteiger charge is 2.53. The van der Waals surface area contributed by atoms with Gasteiger partial charge < -0.3 is 4.74 Å². The molecule has 22 heavy (non-hydrogen) atoms. The van der Waals surface area contributed by atoms with Crippen molar-refractivity contribution in [3.63, 3.8) is 0 Å². The van der Waals surface area contributed by atoms with Gasteiger partial charge in [-0.15, -0.1) is 0 Å². The van der Waals surface area contributed by atoms with E-state index in [4.69, 9.17) is 4.74 Å². The molecule has 0 spiro atoms. The third-order valence-electron chi connectivity index (χ3n) is 3.48. The first-order valence-corrected chi connectivity index (χ1v) is 7.34. The fraction of sp³-hybridized carbons (Fsp3) is 0.188. The Morgan fingerprint density at radius 1 is 1.05 bits per heavy atom. The van der Waals surface area contributed by atoms with Crippen molar-refractivity contribution >= 4 is 21.7 Å². The summed E-state index contributed by atoms with van der Waals surface area (Å²) in [6, 6.07) is 7.10. The van der Waals surface area contributed by atoms with Crippen LogP contribution in [0.3, 0.4) is 0 Å². The predicted octanol–water partition coefficient (Wildman–Crippen LogP) is 4.66. The van der Waals surface area contributed by atoms with Crippen LogP contribution >= 0.6 is 15.9 Å². The molecule has 1 fully saturated rings. The summed E-state index contributed by atoms with van der Waals surface area (Å²) >= 11 is 2.98. The van der Waals surface area contributed by atoms with Crippen LogP contribution in [0.4, 0.5) is 13.2 Å². The normalized spacial score (nSPS) is 15.5. The SMILES string of the molecule is O=C(c1ccc(F)cc1)C1(Oc2c(F)cc(Br)cc2F)CC1. The second-order valence-electron chi connectivity index (χ2n) is 5.13. The zero-order valence-electron chi connectivity index (χ0n) is 11.2. The van der Waals surface area contributed by atoms with Crippen LogP contribution in [-0.4, -0.2) is 11.4 Å². The maximum Gasteiger partial charge on any atom is 0.206 e. The smallest absolute Gasteiger partial charge is 0.206 e. The molecule has 0 bridgehead atoms. The molecule has 2 aromatic rings. The van der Waals surface area contributed by atoms with E-state index in [1.807, 2.05) is 0 Å². The first-order chi connectivity index (χ1) is 10.4. The van der Waals surface area contributed by atoms with Gasteiger partial charge in [-0.25, -0.2) is 13.2 Å². The summed E-state index contributed by atoms with van der Waals surface area (Å²) in [6.07, 6.45) is 0.719. The lowest BCUT2D eigenvalue weighted by molar-refractivity contribution is 0.0728. The summed E-state index contributed by atoms with van der Waals surface area (Å²) in [7, 11) is 0. The van der Waals surface area contributed by atoms with Crippen molar-refractivity contribution in [1.29, 1.82) is 0 Å². The molecule has 0 N–H and O–H groups in total. The summed E-state index contributed by atoms with van der Waals surface area (Å²) in [4.78, 5) is 12.4. The molecule has 2 aromatic carbocycles. The van der Waals surface area contributed by atoms with Crippen molar-refractivity contribution in [2.24, 2.45) is 0 Å². The molecule has 0 radical (unpaired) electrons. The average molecular weight is 371 g/mol. The fourth-order valence-electron chi connectivity index (χ4n) is 2.18. The van der Waals surface area contributed by atoms with Gasteiger partial charge in [0.1, 0.15) is 5.82 Å². The molecule has 0 aliphatic heterocycles. The van der Waals surface area contributed by atoms with Gasteiger partial charge in [-0.3, -0.25) is 4.79 Å². The maximum atomic E-state index is 13.8. The van der Waals surface area contributed by atoms with E-state index >= 15 is 0 Å². The number of ketones is 1. The number of benzene rings is 2. The van der Waals surface area contributed by atoms with Gasteiger partial charge in [0.2, 0.25) is 5.78 Å². The minimum absolute atomic E-state index is 0.240. The lowest BCUT2D eigenvalue weighted by atomic mass is 10.0. The van der Waals surface area contributed by atoms with Crippen LogP contribution in [0.5, 0.6) is 5.75 Å². The first-order valence-electron chi connectivity index (χ1n) is 6.55. The lowest BCUT2D eigenvalue weighted by Crippen LogP contribution is -2.30. The topological polar surface area (TPSA) is 26.3 Å². The van der Waals surface area contributed by atoms with Crippen LogP contribution in [0.2, 0.25) is 0 Å². The number of hydrogen-bond donors (Lipinski definition) is 0. The molecule has 0 heterocycles.